The molecule has 2 N–H and O–H groups in total. The molecular weight excluding hydrogens is 212 g/mol. The molecule has 2 nitrogen and oxygen atoms in total. The van der Waals surface area contributed by atoms with Crippen LogP contribution in [0.2, 0.25) is 0 Å². The average molecular weight is 227 g/mol. The summed E-state index contributed by atoms with van der Waals surface area (Å²) in [5.41, 5.74) is 0.747. The van der Waals surface area contributed by atoms with Gasteiger partial charge in [0.25, 0.3) is 0 Å². The number of benzene rings is 1. The van der Waals surface area contributed by atoms with E-state index in [1.165, 1.54) is 6.07 Å². The Hall–Kier alpha value is -1.00. The SMILES string of the molecule is OC[C@H]1CCN[C@@H](c2ccc(F)c(F)c2)C1. The number of hydrogen-bond acceptors (Lipinski definition) is 2. The molecule has 1 aromatic carbocycles. The van der Waals surface area contributed by atoms with E-state index in [4.69, 9.17) is 5.11 Å². The van der Waals surface area contributed by atoms with Gasteiger partial charge >= 0.3 is 0 Å². The summed E-state index contributed by atoms with van der Waals surface area (Å²) < 4.78 is 25.8. The normalized spacial score (nSPS) is 25.7. The molecule has 88 valence electrons. The highest BCUT2D eigenvalue weighted by Gasteiger charge is 2.22. The molecule has 1 aliphatic heterocycles. The summed E-state index contributed by atoms with van der Waals surface area (Å²) in [5, 5.41) is 12.3. The van der Waals surface area contributed by atoms with Gasteiger partial charge in [0, 0.05) is 12.6 Å². The molecule has 1 saturated heterocycles. The Morgan fingerprint density at radius 3 is 2.81 bits per heavy atom. The number of piperidine rings is 1. The molecule has 1 aromatic rings. The third-order valence-electron chi connectivity index (χ3n) is 3.12. The van der Waals surface area contributed by atoms with E-state index < -0.39 is 11.6 Å². The zero-order chi connectivity index (χ0) is 11.5. The number of aliphatic hydroxyl groups excluding tert-OH is 1. The van der Waals surface area contributed by atoms with Crippen molar-refractivity contribution in [3.05, 3.63) is 35.4 Å². The van der Waals surface area contributed by atoms with Crippen molar-refractivity contribution in [3.8, 4) is 0 Å². The minimum atomic E-state index is -0.821. The highest BCUT2D eigenvalue weighted by Crippen LogP contribution is 2.27. The van der Waals surface area contributed by atoms with Gasteiger partial charge in [-0.3, -0.25) is 0 Å². The Morgan fingerprint density at radius 1 is 1.31 bits per heavy atom. The molecule has 1 heterocycles. The molecule has 2 atom stereocenters. The zero-order valence-electron chi connectivity index (χ0n) is 8.92. The first-order valence-electron chi connectivity index (χ1n) is 5.50. The summed E-state index contributed by atoms with van der Waals surface area (Å²) in [7, 11) is 0. The largest absolute Gasteiger partial charge is 0.396 e. The molecule has 1 aliphatic rings. The van der Waals surface area contributed by atoms with Crippen LogP contribution >= 0.6 is 0 Å². The van der Waals surface area contributed by atoms with Crippen LogP contribution in [0.5, 0.6) is 0 Å². The van der Waals surface area contributed by atoms with E-state index in [1.54, 1.807) is 6.07 Å². The van der Waals surface area contributed by atoms with Crippen LogP contribution in [0.15, 0.2) is 18.2 Å². The van der Waals surface area contributed by atoms with Crippen LogP contribution in [-0.2, 0) is 0 Å². The second-order valence-corrected chi connectivity index (χ2v) is 4.25. The van der Waals surface area contributed by atoms with Gasteiger partial charge in [0.1, 0.15) is 0 Å². The molecule has 0 bridgehead atoms. The number of halogens is 2. The highest BCUT2D eigenvalue weighted by molar-refractivity contribution is 5.21. The summed E-state index contributed by atoms with van der Waals surface area (Å²) in [6.45, 7) is 0.955. The maximum Gasteiger partial charge on any atom is 0.159 e. The molecule has 0 aliphatic carbocycles. The second-order valence-electron chi connectivity index (χ2n) is 4.25. The van der Waals surface area contributed by atoms with Gasteiger partial charge in [-0.25, -0.2) is 8.78 Å². The number of nitrogens with one attached hydrogen (secondary N) is 1. The maximum atomic E-state index is 13.1. The summed E-state index contributed by atoms with van der Waals surface area (Å²) in [6.07, 6.45) is 1.69. The Bertz CT molecular complexity index is 370. The fraction of sp³-hybridized carbons (Fsp3) is 0.500. The van der Waals surface area contributed by atoms with E-state index >= 15 is 0 Å². The lowest BCUT2D eigenvalue weighted by Gasteiger charge is -2.29. The molecule has 4 heteroatoms. The van der Waals surface area contributed by atoms with E-state index in [9.17, 15) is 8.78 Å². The topological polar surface area (TPSA) is 32.3 Å². The van der Waals surface area contributed by atoms with Gasteiger partial charge in [-0.2, -0.15) is 0 Å². The number of rotatable bonds is 2. The first-order chi connectivity index (χ1) is 7.70. The van der Waals surface area contributed by atoms with Crippen molar-refractivity contribution in [3.63, 3.8) is 0 Å². The van der Waals surface area contributed by atoms with Crippen LogP contribution < -0.4 is 5.32 Å². The van der Waals surface area contributed by atoms with Gasteiger partial charge in [-0.15, -0.1) is 0 Å². The van der Waals surface area contributed by atoms with Gasteiger partial charge in [-0.1, -0.05) is 6.07 Å². The van der Waals surface area contributed by atoms with E-state index in [2.05, 4.69) is 5.32 Å². The molecule has 0 spiro atoms. The van der Waals surface area contributed by atoms with Crippen molar-refractivity contribution in [2.75, 3.05) is 13.2 Å². The molecule has 0 radical (unpaired) electrons. The first kappa shape index (κ1) is 11.5. The Labute approximate surface area is 93.3 Å². The summed E-state index contributed by atoms with van der Waals surface area (Å²) in [6, 6.07) is 3.98. The van der Waals surface area contributed by atoms with Crippen LogP contribution in [0.4, 0.5) is 8.78 Å². The second kappa shape index (κ2) is 4.89. The highest BCUT2D eigenvalue weighted by atomic mass is 19.2. The maximum absolute atomic E-state index is 13.1. The quantitative estimate of drug-likeness (QED) is 0.810. The van der Waals surface area contributed by atoms with Crippen LogP contribution in [0.3, 0.4) is 0 Å². The molecule has 0 saturated carbocycles. The minimum absolute atomic E-state index is 0.0148. The predicted octanol–water partition coefficient (Wildman–Crippen LogP) is 2.00. The summed E-state index contributed by atoms with van der Waals surface area (Å²) >= 11 is 0. The summed E-state index contributed by atoms with van der Waals surface area (Å²) in [5.74, 6) is -1.39. The Morgan fingerprint density at radius 2 is 2.12 bits per heavy atom. The van der Waals surface area contributed by atoms with Crippen LogP contribution in [0.1, 0.15) is 24.4 Å². The van der Waals surface area contributed by atoms with Gasteiger partial charge in [0.05, 0.1) is 0 Å². The first-order valence-corrected chi connectivity index (χ1v) is 5.50. The van der Waals surface area contributed by atoms with Crippen LogP contribution in [-0.4, -0.2) is 18.3 Å². The molecule has 0 unspecified atom stereocenters. The van der Waals surface area contributed by atoms with Gasteiger partial charge in [-0.05, 0) is 43.0 Å². The van der Waals surface area contributed by atoms with Crippen LogP contribution in [0.25, 0.3) is 0 Å². The van der Waals surface area contributed by atoms with Crippen molar-refractivity contribution in [1.82, 2.24) is 5.32 Å². The van der Waals surface area contributed by atoms with Crippen molar-refractivity contribution in [1.29, 1.82) is 0 Å². The lowest BCUT2D eigenvalue weighted by atomic mass is 9.89. The molecule has 0 amide bonds. The van der Waals surface area contributed by atoms with E-state index in [0.717, 1.165) is 31.0 Å². The fourth-order valence-corrected chi connectivity index (χ4v) is 2.15. The van der Waals surface area contributed by atoms with Crippen molar-refractivity contribution in [2.24, 2.45) is 5.92 Å². The third kappa shape index (κ3) is 2.39. The van der Waals surface area contributed by atoms with E-state index in [-0.39, 0.29) is 18.6 Å². The third-order valence-corrected chi connectivity index (χ3v) is 3.12. The lowest BCUT2D eigenvalue weighted by molar-refractivity contribution is 0.176. The van der Waals surface area contributed by atoms with Gasteiger partial charge < -0.3 is 10.4 Å². The zero-order valence-corrected chi connectivity index (χ0v) is 8.92. The standard InChI is InChI=1S/C12H15F2NO/c13-10-2-1-9(6-11(10)14)12-5-8(7-16)3-4-15-12/h1-2,6,8,12,15-16H,3-5,7H2/t8-,12+/m0/s1. The smallest absolute Gasteiger partial charge is 0.159 e. The molecule has 1 fully saturated rings. The average Bonchev–Trinajstić information content (AvgIpc) is 2.33. The lowest BCUT2D eigenvalue weighted by Crippen LogP contribution is -2.33. The van der Waals surface area contributed by atoms with Gasteiger partial charge in [0.2, 0.25) is 0 Å². The fourth-order valence-electron chi connectivity index (χ4n) is 2.15. The van der Waals surface area contributed by atoms with E-state index in [1.807, 2.05) is 0 Å². The minimum Gasteiger partial charge on any atom is -0.396 e. The molecule has 0 aromatic heterocycles. The van der Waals surface area contributed by atoms with Crippen molar-refractivity contribution >= 4 is 0 Å². The van der Waals surface area contributed by atoms with Crippen molar-refractivity contribution in [2.45, 2.75) is 18.9 Å². The molecule has 16 heavy (non-hydrogen) atoms. The monoisotopic (exact) mass is 227 g/mol. The predicted molar refractivity (Wildman–Crippen MR) is 56.9 cm³/mol. The Balaban J connectivity index is 2.13. The number of aliphatic hydroxyl groups is 1. The van der Waals surface area contributed by atoms with Crippen molar-refractivity contribution < 1.29 is 13.9 Å². The summed E-state index contributed by atoms with van der Waals surface area (Å²) in [4.78, 5) is 0. The molecular formula is C12H15F2NO. The molecule has 2 rings (SSSR count). The van der Waals surface area contributed by atoms with Gasteiger partial charge in [0.15, 0.2) is 11.6 Å². The van der Waals surface area contributed by atoms with E-state index in [0.29, 0.717) is 0 Å². The van der Waals surface area contributed by atoms with Crippen LogP contribution in [0, 0.1) is 17.6 Å². The number of hydrogen-bond donors (Lipinski definition) is 2. The Kier molecular flexibility index (Phi) is 3.51.